The Hall–Kier alpha value is -0.520. The molecule has 0 fully saturated rings. The van der Waals surface area contributed by atoms with Gasteiger partial charge in [-0.05, 0) is 51.4 Å². The van der Waals surface area contributed by atoms with Crippen molar-refractivity contribution in [3.8, 4) is 0 Å². The first-order valence-electron chi connectivity index (χ1n) is 15.7. The van der Waals surface area contributed by atoms with Gasteiger partial charge in [0.1, 0.15) is 0 Å². The monoisotopic (exact) mass is 461 g/mol. The fraction of sp³-hybridized carbons (Fsp3) is 0.879. The summed E-state index contributed by atoms with van der Waals surface area (Å²) in [6.07, 6.45) is 47.9. The van der Waals surface area contributed by atoms with Gasteiger partial charge in [0.05, 0.1) is 0 Å². The summed E-state index contributed by atoms with van der Waals surface area (Å²) in [6, 6.07) is 0. The molecule has 0 saturated carbocycles. The maximum Gasteiger partial charge on any atom is -0.0351 e. The van der Waals surface area contributed by atoms with Gasteiger partial charge < -0.3 is 0 Å². The Bertz CT molecular complexity index is 377. The first-order chi connectivity index (χ1) is 16.4. The fourth-order valence-electron chi connectivity index (χ4n) is 4.67. The molecular weight excluding hydrogens is 396 g/mol. The molecule has 0 atom stereocenters. The van der Waals surface area contributed by atoms with Crippen LogP contribution in [0.5, 0.6) is 0 Å². The summed E-state index contributed by atoms with van der Waals surface area (Å²) < 4.78 is 0. The SMILES string of the molecule is CCCCCCC=CCCCCCCCCCCCCCCCCC=CCCCCCCC. The van der Waals surface area contributed by atoms with Crippen LogP contribution in [0.1, 0.15) is 187 Å². The third kappa shape index (κ3) is 31.5. The van der Waals surface area contributed by atoms with Crippen molar-refractivity contribution in [1.82, 2.24) is 0 Å². The molecule has 0 saturated heterocycles. The fourth-order valence-corrected chi connectivity index (χ4v) is 4.67. The van der Waals surface area contributed by atoms with E-state index >= 15 is 0 Å². The van der Waals surface area contributed by atoms with Crippen LogP contribution in [-0.2, 0) is 0 Å². The van der Waals surface area contributed by atoms with Gasteiger partial charge in [-0.15, -0.1) is 0 Å². The summed E-state index contributed by atoms with van der Waals surface area (Å²) in [4.78, 5) is 0. The normalized spacial score (nSPS) is 11.9. The zero-order valence-electron chi connectivity index (χ0n) is 23.4. The molecule has 0 aromatic rings. The Morgan fingerprint density at radius 2 is 0.424 bits per heavy atom. The van der Waals surface area contributed by atoms with Crippen LogP contribution in [0.4, 0.5) is 0 Å². The molecule has 0 aliphatic heterocycles. The topological polar surface area (TPSA) is 0 Å². The van der Waals surface area contributed by atoms with E-state index in [1.54, 1.807) is 0 Å². The van der Waals surface area contributed by atoms with Gasteiger partial charge in [0, 0.05) is 0 Å². The van der Waals surface area contributed by atoms with E-state index in [0.717, 1.165) is 0 Å². The molecule has 0 nitrogen and oxygen atoms in total. The lowest BCUT2D eigenvalue weighted by molar-refractivity contribution is 0.534. The van der Waals surface area contributed by atoms with E-state index in [0.29, 0.717) is 0 Å². The van der Waals surface area contributed by atoms with Crippen LogP contribution in [0.2, 0.25) is 0 Å². The smallest absolute Gasteiger partial charge is 0.0351 e. The van der Waals surface area contributed by atoms with Crippen molar-refractivity contribution in [2.75, 3.05) is 0 Å². The van der Waals surface area contributed by atoms with Gasteiger partial charge in [0.15, 0.2) is 0 Å². The van der Waals surface area contributed by atoms with Gasteiger partial charge >= 0.3 is 0 Å². The highest BCUT2D eigenvalue weighted by atomic mass is 14.0. The van der Waals surface area contributed by atoms with Crippen LogP contribution in [0.15, 0.2) is 24.3 Å². The number of hydrogen-bond donors (Lipinski definition) is 0. The van der Waals surface area contributed by atoms with Crippen LogP contribution in [0.25, 0.3) is 0 Å². The van der Waals surface area contributed by atoms with Gasteiger partial charge in [-0.25, -0.2) is 0 Å². The average molecular weight is 461 g/mol. The second-order valence-electron chi connectivity index (χ2n) is 10.5. The van der Waals surface area contributed by atoms with Gasteiger partial charge in [0.25, 0.3) is 0 Å². The van der Waals surface area contributed by atoms with Crippen LogP contribution >= 0.6 is 0 Å². The first kappa shape index (κ1) is 32.5. The summed E-state index contributed by atoms with van der Waals surface area (Å²) in [6.45, 7) is 4.58. The van der Waals surface area contributed by atoms with Gasteiger partial charge in [0.2, 0.25) is 0 Å². The Kier molecular flexibility index (Phi) is 31.0. The molecule has 0 bridgehead atoms. The Morgan fingerprint density at radius 3 is 0.667 bits per heavy atom. The second kappa shape index (κ2) is 31.5. The molecule has 0 radical (unpaired) electrons. The zero-order chi connectivity index (χ0) is 23.9. The van der Waals surface area contributed by atoms with E-state index in [4.69, 9.17) is 0 Å². The standard InChI is InChI=1S/C33H64/c1-3-5-7-9-11-13-15-17-19-21-23-25-27-29-31-33-32-30-28-26-24-22-20-18-16-14-12-10-8-6-4-2/h13,15-16,18H,3-12,14,17,19-33H2,1-2H3. The molecule has 0 heteroatoms. The summed E-state index contributed by atoms with van der Waals surface area (Å²) in [7, 11) is 0. The molecule has 0 heterocycles. The number of hydrogen-bond acceptors (Lipinski definition) is 0. The molecule has 0 unspecified atom stereocenters. The van der Waals surface area contributed by atoms with Crippen LogP contribution in [0.3, 0.4) is 0 Å². The van der Waals surface area contributed by atoms with E-state index in [-0.39, 0.29) is 0 Å². The first-order valence-corrected chi connectivity index (χ1v) is 15.7. The number of unbranched alkanes of at least 4 members (excludes halogenated alkanes) is 24. The van der Waals surface area contributed by atoms with Gasteiger partial charge in [-0.2, -0.15) is 0 Å². The largest absolute Gasteiger partial charge is 0.0885 e. The minimum absolute atomic E-state index is 1.30. The molecule has 0 N–H and O–H groups in total. The molecule has 33 heavy (non-hydrogen) atoms. The van der Waals surface area contributed by atoms with Crippen LogP contribution in [0, 0.1) is 0 Å². The van der Waals surface area contributed by atoms with Crippen molar-refractivity contribution in [2.45, 2.75) is 187 Å². The summed E-state index contributed by atoms with van der Waals surface area (Å²) >= 11 is 0. The Labute approximate surface area is 211 Å². The van der Waals surface area contributed by atoms with E-state index in [2.05, 4.69) is 38.2 Å². The lowest BCUT2D eigenvalue weighted by Gasteiger charge is -2.03. The number of allylic oxidation sites excluding steroid dienone is 4. The van der Waals surface area contributed by atoms with Gasteiger partial charge in [-0.3, -0.25) is 0 Å². The van der Waals surface area contributed by atoms with Crippen molar-refractivity contribution >= 4 is 0 Å². The molecule has 0 aromatic heterocycles. The molecule has 0 rings (SSSR count). The zero-order valence-corrected chi connectivity index (χ0v) is 23.4. The maximum atomic E-state index is 2.44. The highest BCUT2D eigenvalue weighted by molar-refractivity contribution is 4.81. The third-order valence-electron chi connectivity index (χ3n) is 7.02. The molecule has 0 aliphatic rings. The summed E-state index contributed by atoms with van der Waals surface area (Å²) in [5.41, 5.74) is 0. The predicted octanol–water partition coefficient (Wildman–Crippen LogP) is 12.7. The predicted molar refractivity (Wildman–Crippen MR) is 154 cm³/mol. The van der Waals surface area contributed by atoms with E-state index < -0.39 is 0 Å². The molecule has 0 amide bonds. The molecule has 0 spiro atoms. The highest BCUT2D eigenvalue weighted by Gasteiger charge is 1.94. The maximum absolute atomic E-state index is 2.44. The Balaban J connectivity index is 3.08. The second-order valence-corrected chi connectivity index (χ2v) is 10.5. The molecule has 0 aliphatic carbocycles. The van der Waals surface area contributed by atoms with Crippen molar-refractivity contribution in [1.29, 1.82) is 0 Å². The van der Waals surface area contributed by atoms with Crippen LogP contribution in [-0.4, -0.2) is 0 Å². The minimum Gasteiger partial charge on any atom is -0.0885 e. The summed E-state index contributed by atoms with van der Waals surface area (Å²) in [5.74, 6) is 0. The van der Waals surface area contributed by atoms with Crippen molar-refractivity contribution in [2.24, 2.45) is 0 Å². The van der Waals surface area contributed by atoms with Crippen molar-refractivity contribution in [3.63, 3.8) is 0 Å². The molecule has 0 aromatic carbocycles. The quantitative estimate of drug-likeness (QED) is 0.0804. The Morgan fingerprint density at radius 1 is 0.242 bits per heavy atom. The third-order valence-corrected chi connectivity index (χ3v) is 7.02. The van der Waals surface area contributed by atoms with Crippen molar-refractivity contribution < 1.29 is 0 Å². The van der Waals surface area contributed by atoms with E-state index in [1.165, 1.54) is 173 Å². The van der Waals surface area contributed by atoms with Gasteiger partial charge in [-0.1, -0.05) is 160 Å². The average Bonchev–Trinajstić information content (AvgIpc) is 2.83. The molecule has 196 valence electrons. The van der Waals surface area contributed by atoms with Crippen molar-refractivity contribution in [3.05, 3.63) is 24.3 Å². The minimum atomic E-state index is 1.30. The van der Waals surface area contributed by atoms with Crippen LogP contribution < -0.4 is 0 Å². The van der Waals surface area contributed by atoms with E-state index in [9.17, 15) is 0 Å². The molecular formula is C33H64. The highest BCUT2D eigenvalue weighted by Crippen LogP contribution is 2.14. The number of rotatable bonds is 28. The lowest BCUT2D eigenvalue weighted by Crippen LogP contribution is -1.83. The lowest BCUT2D eigenvalue weighted by atomic mass is 10.0. The van der Waals surface area contributed by atoms with E-state index in [1.807, 2.05) is 0 Å². The summed E-state index contributed by atoms with van der Waals surface area (Å²) in [5, 5.41) is 0.